The molecule has 1 aliphatic rings. The molecule has 18 heavy (non-hydrogen) atoms. The number of esters is 1. The molecule has 1 aromatic carbocycles. The van der Waals surface area contributed by atoms with Crippen LogP contribution in [-0.4, -0.2) is 31.8 Å². The highest BCUT2D eigenvalue weighted by molar-refractivity contribution is 6.07. The number of carbonyl (C=O) groups is 3. The molecule has 0 atom stereocenters. The third-order valence-corrected chi connectivity index (χ3v) is 3.01. The summed E-state index contributed by atoms with van der Waals surface area (Å²) in [4.78, 5) is 35.9. The number of fused-ring (bicyclic) bond motifs is 1. The van der Waals surface area contributed by atoms with Gasteiger partial charge in [-0.3, -0.25) is 14.4 Å². The predicted octanol–water partition coefficient (Wildman–Crippen LogP) is 0.951. The molecule has 5 heteroatoms. The summed E-state index contributed by atoms with van der Waals surface area (Å²) in [6.45, 7) is 0. The van der Waals surface area contributed by atoms with Crippen LogP contribution in [0, 0.1) is 0 Å². The Kier molecular flexibility index (Phi) is 3.14. The zero-order valence-corrected chi connectivity index (χ0v) is 10.2. The van der Waals surface area contributed by atoms with E-state index in [1.54, 1.807) is 30.1 Å². The lowest BCUT2D eigenvalue weighted by atomic mass is 10.0. The highest BCUT2D eigenvalue weighted by atomic mass is 16.5. The van der Waals surface area contributed by atoms with E-state index in [1.165, 1.54) is 7.11 Å². The number of amides is 1. The minimum atomic E-state index is -0.561. The minimum Gasteiger partial charge on any atom is -0.469 e. The van der Waals surface area contributed by atoms with E-state index in [0.717, 1.165) is 11.3 Å². The van der Waals surface area contributed by atoms with Gasteiger partial charge in [0.25, 0.3) is 0 Å². The van der Waals surface area contributed by atoms with Gasteiger partial charge in [-0.2, -0.15) is 0 Å². The summed E-state index contributed by atoms with van der Waals surface area (Å²) in [5, 5.41) is 0. The van der Waals surface area contributed by atoms with Crippen LogP contribution in [0.15, 0.2) is 18.2 Å². The van der Waals surface area contributed by atoms with Crippen molar-refractivity contribution in [1.29, 1.82) is 0 Å². The summed E-state index contributed by atoms with van der Waals surface area (Å²) in [6.07, 6.45) is 0.0181. The number of anilines is 1. The van der Waals surface area contributed by atoms with Crippen molar-refractivity contribution in [1.82, 2.24) is 0 Å². The highest BCUT2D eigenvalue weighted by Gasteiger charge is 2.25. The molecule has 1 aliphatic heterocycles. The zero-order valence-electron chi connectivity index (χ0n) is 10.2. The Hall–Kier alpha value is -2.17. The summed E-state index contributed by atoms with van der Waals surface area (Å²) in [6, 6.07) is 5.02. The fourth-order valence-corrected chi connectivity index (χ4v) is 1.95. The second-order valence-electron chi connectivity index (χ2n) is 4.15. The number of Topliss-reactive ketones (excluding diaryl/α,β-unsaturated/α-hetero) is 1. The van der Waals surface area contributed by atoms with E-state index >= 15 is 0 Å². The van der Waals surface area contributed by atoms with E-state index < -0.39 is 5.97 Å². The molecule has 94 valence electrons. The lowest BCUT2D eigenvalue weighted by Gasteiger charge is -2.10. The lowest BCUT2D eigenvalue weighted by molar-refractivity contribution is -0.139. The Labute approximate surface area is 104 Å². The van der Waals surface area contributed by atoms with E-state index in [-0.39, 0.29) is 18.1 Å². The van der Waals surface area contributed by atoms with Gasteiger partial charge in [0.15, 0.2) is 5.78 Å². The Bertz CT molecular complexity index is 536. The van der Waals surface area contributed by atoms with E-state index in [9.17, 15) is 14.4 Å². The molecule has 0 N–H and O–H groups in total. The Morgan fingerprint density at radius 3 is 2.78 bits per heavy atom. The smallest absolute Gasteiger partial charge is 0.313 e. The van der Waals surface area contributed by atoms with Crippen LogP contribution in [0.5, 0.6) is 0 Å². The number of benzene rings is 1. The summed E-state index contributed by atoms with van der Waals surface area (Å²) in [5.41, 5.74) is 2.06. The Morgan fingerprint density at radius 1 is 1.39 bits per heavy atom. The molecule has 0 aliphatic carbocycles. The van der Waals surface area contributed by atoms with Crippen LogP contribution in [0.1, 0.15) is 22.3 Å². The van der Waals surface area contributed by atoms with Crippen molar-refractivity contribution < 1.29 is 19.1 Å². The van der Waals surface area contributed by atoms with Gasteiger partial charge in [0, 0.05) is 18.3 Å². The average Bonchev–Trinajstić information content (AvgIpc) is 2.64. The molecule has 0 radical (unpaired) electrons. The number of carbonyl (C=O) groups excluding carboxylic acids is 3. The van der Waals surface area contributed by atoms with Crippen molar-refractivity contribution in [3.8, 4) is 0 Å². The molecule has 1 heterocycles. The van der Waals surface area contributed by atoms with Crippen LogP contribution in [0.3, 0.4) is 0 Å². The molecule has 0 unspecified atom stereocenters. The van der Waals surface area contributed by atoms with Crippen molar-refractivity contribution in [2.24, 2.45) is 0 Å². The first-order chi connectivity index (χ1) is 8.52. The SMILES string of the molecule is COC(=O)CC(=O)c1ccc2c(c1)CC(=O)N2C. The van der Waals surface area contributed by atoms with Crippen molar-refractivity contribution in [3.63, 3.8) is 0 Å². The van der Waals surface area contributed by atoms with E-state index in [1.807, 2.05) is 0 Å². The van der Waals surface area contributed by atoms with Crippen LogP contribution in [0.2, 0.25) is 0 Å². The second kappa shape index (κ2) is 4.60. The van der Waals surface area contributed by atoms with Gasteiger partial charge in [-0.05, 0) is 23.8 Å². The van der Waals surface area contributed by atoms with Gasteiger partial charge in [-0.25, -0.2) is 0 Å². The van der Waals surface area contributed by atoms with Crippen molar-refractivity contribution in [2.45, 2.75) is 12.8 Å². The summed E-state index contributed by atoms with van der Waals surface area (Å²) in [5.74, 6) is -0.858. The molecule has 5 nitrogen and oxygen atoms in total. The molecular formula is C13H13NO4. The predicted molar refractivity (Wildman–Crippen MR) is 64.5 cm³/mol. The van der Waals surface area contributed by atoms with Gasteiger partial charge >= 0.3 is 5.97 Å². The lowest BCUT2D eigenvalue weighted by Crippen LogP contribution is -2.20. The number of ether oxygens (including phenoxy) is 1. The van der Waals surface area contributed by atoms with E-state index in [2.05, 4.69) is 4.74 Å². The van der Waals surface area contributed by atoms with Gasteiger partial charge < -0.3 is 9.64 Å². The normalized spacial score (nSPS) is 13.4. The Balaban J connectivity index is 2.23. The van der Waals surface area contributed by atoms with Crippen molar-refractivity contribution >= 4 is 23.3 Å². The number of hydrogen-bond acceptors (Lipinski definition) is 4. The molecule has 0 aromatic heterocycles. The molecule has 1 amide bonds. The topological polar surface area (TPSA) is 63.7 Å². The monoisotopic (exact) mass is 247 g/mol. The fourth-order valence-electron chi connectivity index (χ4n) is 1.95. The van der Waals surface area contributed by atoms with Gasteiger partial charge in [0.1, 0.15) is 6.42 Å². The summed E-state index contributed by atoms with van der Waals surface area (Å²) >= 11 is 0. The van der Waals surface area contributed by atoms with Gasteiger partial charge in [0.2, 0.25) is 5.91 Å². The first kappa shape index (κ1) is 12.3. The molecule has 0 bridgehead atoms. The zero-order chi connectivity index (χ0) is 13.3. The van der Waals surface area contributed by atoms with Crippen molar-refractivity contribution in [2.75, 3.05) is 19.1 Å². The van der Waals surface area contributed by atoms with Crippen LogP contribution >= 0.6 is 0 Å². The Morgan fingerprint density at radius 2 is 2.11 bits per heavy atom. The molecule has 2 rings (SSSR count). The maximum atomic E-state index is 11.8. The first-order valence-corrected chi connectivity index (χ1v) is 5.52. The number of nitrogens with zero attached hydrogens (tertiary/aromatic N) is 1. The first-order valence-electron chi connectivity index (χ1n) is 5.52. The molecule has 1 aromatic rings. The molecular weight excluding hydrogens is 234 g/mol. The maximum absolute atomic E-state index is 11.8. The minimum absolute atomic E-state index is 0.00238. The number of hydrogen-bond donors (Lipinski definition) is 0. The summed E-state index contributed by atoms with van der Waals surface area (Å²) in [7, 11) is 2.94. The summed E-state index contributed by atoms with van der Waals surface area (Å²) < 4.78 is 4.45. The average molecular weight is 247 g/mol. The quantitative estimate of drug-likeness (QED) is 0.453. The molecule has 0 saturated carbocycles. The second-order valence-corrected chi connectivity index (χ2v) is 4.15. The number of methoxy groups -OCH3 is 1. The van der Waals surface area contributed by atoms with Crippen LogP contribution in [-0.2, 0) is 20.7 Å². The third-order valence-electron chi connectivity index (χ3n) is 3.01. The van der Waals surface area contributed by atoms with E-state index in [0.29, 0.717) is 12.0 Å². The molecule has 0 spiro atoms. The van der Waals surface area contributed by atoms with Crippen LogP contribution in [0.25, 0.3) is 0 Å². The molecule has 0 saturated heterocycles. The fraction of sp³-hybridized carbons (Fsp3) is 0.308. The number of rotatable bonds is 3. The highest BCUT2D eigenvalue weighted by Crippen LogP contribution is 2.28. The van der Waals surface area contributed by atoms with Crippen LogP contribution in [0.4, 0.5) is 5.69 Å². The van der Waals surface area contributed by atoms with Gasteiger partial charge in [0.05, 0.1) is 13.5 Å². The largest absolute Gasteiger partial charge is 0.469 e. The van der Waals surface area contributed by atoms with Crippen molar-refractivity contribution in [3.05, 3.63) is 29.3 Å². The number of ketones is 1. The third kappa shape index (κ3) is 2.11. The molecule has 0 fully saturated rings. The van der Waals surface area contributed by atoms with Crippen LogP contribution < -0.4 is 4.90 Å². The number of likely N-dealkylation sites (N-methyl/N-ethyl adjacent to an activating group) is 1. The van der Waals surface area contributed by atoms with Gasteiger partial charge in [-0.1, -0.05) is 0 Å². The maximum Gasteiger partial charge on any atom is 0.313 e. The van der Waals surface area contributed by atoms with E-state index in [4.69, 9.17) is 0 Å². The standard InChI is InChI=1S/C13H13NO4/c1-14-10-4-3-8(5-9(10)6-12(14)16)11(15)7-13(17)18-2/h3-5H,6-7H2,1-2H3. The van der Waals surface area contributed by atoms with Gasteiger partial charge in [-0.15, -0.1) is 0 Å².